The molecule has 0 aliphatic heterocycles. The lowest BCUT2D eigenvalue weighted by Gasteiger charge is -2.22. The third-order valence-corrected chi connectivity index (χ3v) is 4.85. The van der Waals surface area contributed by atoms with Gasteiger partial charge in [-0.15, -0.1) is 0 Å². The van der Waals surface area contributed by atoms with Crippen LogP contribution in [0.3, 0.4) is 0 Å². The van der Waals surface area contributed by atoms with E-state index in [2.05, 4.69) is 5.32 Å². The average Bonchev–Trinajstić information content (AvgIpc) is 2.38. The molecule has 1 amide bonds. The van der Waals surface area contributed by atoms with E-state index >= 15 is 0 Å². The van der Waals surface area contributed by atoms with Crippen molar-refractivity contribution in [1.29, 1.82) is 5.26 Å². The number of amides is 1. The molecule has 1 aromatic rings. The molecule has 0 aliphatic rings. The second kappa shape index (κ2) is 6.50. The van der Waals surface area contributed by atoms with E-state index in [-0.39, 0.29) is 17.2 Å². The maximum absolute atomic E-state index is 12.3. The molecule has 7 heteroatoms. The molecule has 1 aromatic carbocycles. The zero-order valence-corrected chi connectivity index (χ0v) is 12.4. The molecule has 0 saturated carbocycles. The van der Waals surface area contributed by atoms with Crippen molar-refractivity contribution in [2.45, 2.75) is 31.2 Å². The van der Waals surface area contributed by atoms with Gasteiger partial charge in [-0.25, -0.2) is 8.42 Å². The van der Waals surface area contributed by atoms with Crippen LogP contribution in [0.1, 0.15) is 20.3 Å². The first kappa shape index (κ1) is 16.1. The van der Waals surface area contributed by atoms with Gasteiger partial charge in [-0.1, -0.05) is 0 Å². The Morgan fingerprint density at radius 2 is 1.95 bits per heavy atom. The molecule has 1 unspecified atom stereocenters. The number of nitriles is 1. The highest BCUT2D eigenvalue weighted by Crippen LogP contribution is 2.19. The molecule has 1 atom stereocenters. The van der Waals surface area contributed by atoms with E-state index in [9.17, 15) is 13.2 Å². The average molecular weight is 295 g/mol. The monoisotopic (exact) mass is 295 g/mol. The summed E-state index contributed by atoms with van der Waals surface area (Å²) in [6, 6.07) is 7.45. The standard InChI is InChI=1S/C13H17N3O3S/c1-10(8-9-14)16(3)20(18,19)13-6-4-12(5-7-13)15-11(2)17/h4-7,10H,8H2,1-3H3,(H,15,17). The van der Waals surface area contributed by atoms with E-state index in [1.54, 1.807) is 6.92 Å². The molecular formula is C13H17N3O3S. The van der Waals surface area contributed by atoms with Crippen LogP contribution in [0.25, 0.3) is 0 Å². The maximum atomic E-state index is 12.3. The van der Waals surface area contributed by atoms with Crippen molar-refractivity contribution in [1.82, 2.24) is 4.31 Å². The maximum Gasteiger partial charge on any atom is 0.243 e. The molecule has 1 rings (SSSR count). The van der Waals surface area contributed by atoms with Crippen LogP contribution in [0.2, 0.25) is 0 Å². The number of sulfonamides is 1. The predicted molar refractivity (Wildman–Crippen MR) is 75.4 cm³/mol. The number of anilines is 1. The van der Waals surface area contributed by atoms with Crippen LogP contribution < -0.4 is 5.32 Å². The summed E-state index contributed by atoms with van der Waals surface area (Å²) >= 11 is 0. The summed E-state index contributed by atoms with van der Waals surface area (Å²) in [5.41, 5.74) is 0.532. The Morgan fingerprint density at radius 1 is 1.40 bits per heavy atom. The van der Waals surface area contributed by atoms with Crippen LogP contribution in [0.4, 0.5) is 5.69 Å². The molecule has 0 heterocycles. The summed E-state index contributed by atoms with van der Waals surface area (Å²) in [7, 11) is -2.19. The Kier molecular flexibility index (Phi) is 5.25. The fourth-order valence-electron chi connectivity index (χ4n) is 1.58. The van der Waals surface area contributed by atoms with Crippen LogP contribution in [-0.4, -0.2) is 31.7 Å². The molecule has 6 nitrogen and oxygen atoms in total. The first-order chi connectivity index (χ1) is 9.28. The summed E-state index contributed by atoms with van der Waals surface area (Å²) in [4.78, 5) is 11.0. The van der Waals surface area contributed by atoms with Gasteiger partial charge in [0.15, 0.2) is 0 Å². The van der Waals surface area contributed by atoms with Gasteiger partial charge in [0.2, 0.25) is 15.9 Å². The van der Waals surface area contributed by atoms with Crippen molar-refractivity contribution in [2.24, 2.45) is 0 Å². The van der Waals surface area contributed by atoms with E-state index in [0.717, 1.165) is 0 Å². The molecule has 0 bridgehead atoms. The van der Waals surface area contributed by atoms with Crippen molar-refractivity contribution < 1.29 is 13.2 Å². The molecular weight excluding hydrogens is 278 g/mol. The van der Waals surface area contributed by atoms with E-state index in [0.29, 0.717) is 5.69 Å². The second-order valence-corrected chi connectivity index (χ2v) is 6.44. The van der Waals surface area contributed by atoms with Crippen molar-refractivity contribution in [3.8, 4) is 6.07 Å². The number of nitrogens with one attached hydrogen (secondary N) is 1. The zero-order valence-electron chi connectivity index (χ0n) is 11.6. The van der Waals surface area contributed by atoms with Crippen LogP contribution >= 0.6 is 0 Å². The van der Waals surface area contributed by atoms with E-state index in [1.165, 1.54) is 42.5 Å². The third-order valence-electron chi connectivity index (χ3n) is 2.86. The fraction of sp³-hybridized carbons (Fsp3) is 0.385. The van der Waals surface area contributed by atoms with Gasteiger partial charge in [0.1, 0.15) is 0 Å². The second-order valence-electron chi connectivity index (χ2n) is 4.44. The highest BCUT2D eigenvalue weighted by molar-refractivity contribution is 7.89. The summed E-state index contributed by atoms with van der Waals surface area (Å²) in [5, 5.41) is 11.2. The van der Waals surface area contributed by atoms with E-state index in [4.69, 9.17) is 5.26 Å². The van der Waals surface area contributed by atoms with Gasteiger partial charge in [-0.3, -0.25) is 4.79 Å². The SMILES string of the molecule is CC(=O)Nc1ccc(S(=O)(=O)N(C)C(C)CC#N)cc1. The first-order valence-electron chi connectivity index (χ1n) is 6.01. The Hall–Kier alpha value is -1.91. The summed E-state index contributed by atoms with van der Waals surface area (Å²) in [6.45, 7) is 3.05. The molecule has 0 aromatic heterocycles. The summed E-state index contributed by atoms with van der Waals surface area (Å²) in [5.74, 6) is -0.222. The number of benzene rings is 1. The number of carbonyl (C=O) groups is 1. The van der Waals surface area contributed by atoms with E-state index in [1.807, 2.05) is 6.07 Å². The van der Waals surface area contributed by atoms with Crippen LogP contribution in [0.5, 0.6) is 0 Å². The van der Waals surface area contributed by atoms with Gasteiger partial charge in [0, 0.05) is 25.7 Å². The summed E-state index contributed by atoms with van der Waals surface area (Å²) < 4.78 is 25.8. The van der Waals surface area contributed by atoms with Crippen molar-refractivity contribution in [2.75, 3.05) is 12.4 Å². The number of carbonyl (C=O) groups excluding carboxylic acids is 1. The number of rotatable bonds is 5. The molecule has 0 aliphatic carbocycles. The molecule has 20 heavy (non-hydrogen) atoms. The Balaban J connectivity index is 2.99. The van der Waals surface area contributed by atoms with Crippen LogP contribution in [0.15, 0.2) is 29.2 Å². The van der Waals surface area contributed by atoms with Gasteiger partial charge < -0.3 is 5.32 Å². The van der Waals surface area contributed by atoms with E-state index < -0.39 is 16.1 Å². The topological polar surface area (TPSA) is 90.3 Å². The normalized spacial score (nSPS) is 12.8. The number of nitrogens with zero attached hydrogens (tertiary/aromatic N) is 2. The van der Waals surface area contributed by atoms with Gasteiger partial charge in [0.05, 0.1) is 17.4 Å². The highest BCUT2D eigenvalue weighted by atomic mass is 32.2. The quantitative estimate of drug-likeness (QED) is 0.892. The minimum absolute atomic E-state index is 0.124. The Morgan fingerprint density at radius 3 is 2.40 bits per heavy atom. The lowest BCUT2D eigenvalue weighted by Crippen LogP contribution is -2.34. The number of hydrogen-bond acceptors (Lipinski definition) is 4. The largest absolute Gasteiger partial charge is 0.326 e. The molecule has 108 valence electrons. The van der Waals surface area contributed by atoms with Crippen LogP contribution in [-0.2, 0) is 14.8 Å². The van der Waals surface area contributed by atoms with Crippen LogP contribution in [0, 0.1) is 11.3 Å². The molecule has 0 radical (unpaired) electrons. The third kappa shape index (κ3) is 3.79. The summed E-state index contributed by atoms with van der Waals surface area (Å²) in [6.07, 6.45) is 0.125. The van der Waals surface area contributed by atoms with Gasteiger partial charge in [-0.2, -0.15) is 9.57 Å². The lowest BCUT2D eigenvalue weighted by molar-refractivity contribution is -0.114. The molecule has 0 spiro atoms. The Bertz CT molecular complexity index is 617. The number of hydrogen-bond donors (Lipinski definition) is 1. The lowest BCUT2D eigenvalue weighted by atomic mass is 10.3. The van der Waals surface area contributed by atoms with Gasteiger partial charge in [0.25, 0.3) is 0 Å². The zero-order chi connectivity index (χ0) is 15.3. The minimum Gasteiger partial charge on any atom is -0.326 e. The minimum atomic E-state index is -3.64. The van der Waals surface area contributed by atoms with Gasteiger partial charge >= 0.3 is 0 Å². The fourth-order valence-corrected chi connectivity index (χ4v) is 2.94. The van der Waals surface area contributed by atoms with Gasteiger partial charge in [-0.05, 0) is 31.2 Å². The van der Waals surface area contributed by atoms with Crippen molar-refractivity contribution in [3.05, 3.63) is 24.3 Å². The van der Waals surface area contributed by atoms with Crippen molar-refractivity contribution in [3.63, 3.8) is 0 Å². The smallest absolute Gasteiger partial charge is 0.243 e. The molecule has 0 saturated heterocycles. The predicted octanol–water partition coefficient (Wildman–Crippen LogP) is 1.57. The molecule has 1 N–H and O–H groups in total. The first-order valence-corrected chi connectivity index (χ1v) is 7.45. The highest BCUT2D eigenvalue weighted by Gasteiger charge is 2.25. The Labute approximate surface area is 119 Å². The van der Waals surface area contributed by atoms with Crippen molar-refractivity contribution >= 4 is 21.6 Å². The molecule has 0 fully saturated rings.